The van der Waals surface area contributed by atoms with Gasteiger partial charge in [-0.15, -0.1) is 0 Å². The second-order valence-electron chi connectivity index (χ2n) is 4.12. The van der Waals surface area contributed by atoms with Crippen LogP contribution in [0.25, 0.3) is 0 Å². The lowest BCUT2D eigenvalue weighted by atomic mass is 10.3. The molecular formula is C11H21NO3. The van der Waals surface area contributed by atoms with Crippen LogP contribution in [0.3, 0.4) is 0 Å². The molecule has 1 aliphatic carbocycles. The van der Waals surface area contributed by atoms with Crippen molar-refractivity contribution < 1.29 is 14.6 Å². The molecule has 1 aliphatic rings. The van der Waals surface area contributed by atoms with E-state index >= 15 is 0 Å². The Morgan fingerprint density at radius 3 is 2.80 bits per heavy atom. The van der Waals surface area contributed by atoms with Gasteiger partial charge in [-0.3, -0.25) is 9.69 Å². The number of carboxylic acid groups (broad SMARTS) is 1. The minimum absolute atomic E-state index is 0.169. The standard InChI is InChI=1S/C11H21NO3/c1-2-15-7-3-6-12(9-11(13)14)8-10-4-5-10/h10H,2-9H2,1H3,(H,13,14). The number of ether oxygens (including phenoxy) is 1. The molecule has 0 aromatic carbocycles. The molecule has 88 valence electrons. The first-order valence-corrected chi connectivity index (χ1v) is 5.74. The van der Waals surface area contributed by atoms with Crippen molar-refractivity contribution in [1.82, 2.24) is 4.90 Å². The van der Waals surface area contributed by atoms with Gasteiger partial charge in [0, 0.05) is 26.3 Å². The highest BCUT2D eigenvalue weighted by atomic mass is 16.5. The molecular weight excluding hydrogens is 194 g/mol. The average molecular weight is 215 g/mol. The molecule has 1 saturated carbocycles. The van der Waals surface area contributed by atoms with E-state index in [4.69, 9.17) is 9.84 Å². The Kier molecular flexibility index (Phi) is 5.65. The highest BCUT2D eigenvalue weighted by molar-refractivity contribution is 5.69. The van der Waals surface area contributed by atoms with E-state index in [0.29, 0.717) is 0 Å². The van der Waals surface area contributed by atoms with Gasteiger partial charge in [-0.05, 0) is 32.1 Å². The fourth-order valence-electron chi connectivity index (χ4n) is 1.63. The van der Waals surface area contributed by atoms with E-state index in [9.17, 15) is 4.79 Å². The molecule has 1 fully saturated rings. The fraction of sp³-hybridized carbons (Fsp3) is 0.909. The zero-order chi connectivity index (χ0) is 11.1. The molecule has 4 nitrogen and oxygen atoms in total. The molecule has 0 saturated heterocycles. The maximum atomic E-state index is 10.6. The number of carboxylic acids is 1. The largest absolute Gasteiger partial charge is 0.480 e. The highest BCUT2D eigenvalue weighted by Crippen LogP contribution is 2.29. The maximum absolute atomic E-state index is 10.6. The van der Waals surface area contributed by atoms with Crippen LogP contribution in [0.2, 0.25) is 0 Å². The van der Waals surface area contributed by atoms with Gasteiger partial charge >= 0.3 is 5.97 Å². The van der Waals surface area contributed by atoms with Gasteiger partial charge in [0.25, 0.3) is 0 Å². The van der Waals surface area contributed by atoms with Crippen LogP contribution in [0.5, 0.6) is 0 Å². The first-order chi connectivity index (χ1) is 7.22. The lowest BCUT2D eigenvalue weighted by molar-refractivity contribution is -0.138. The summed E-state index contributed by atoms with van der Waals surface area (Å²) in [6, 6.07) is 0. The minimum Gasteiger partial charge on any atom is -0.480 e. The van der Waals surface area contributed by atoms with E-state index < -0.39 is 5.97 Å². The van der Waals surface area contributed by atoms with Gasteiger partial charge in [-0.2, -0.15) is 0 Å². The van der Waals surface area contributed by atoms with E-state index in [2.05, 4.69) is 0 Å². The van der Waals surface area contributed by atoms with Crippen LogP contribution in [-0.4, -0.2) is 48.8 Å². The summed E-state index contributed by atoms with van der Waals surface area (Å²) in [4.78, 5) is 12.7. The predicted molar refractivity (Wildman–Crippen MR) is 57.9 cm³/mol. The second kappa shape index (κ2) is 6.80. The molecule has 0 spiro atoms. The van der Waals surface area contributed by atoms with Crippen molar-refractivity contribution in [3.05, 3.63) is 0 Å². The molecule has 0 heterocycles. The Bertz CT molecular complexity index is 192. The number of nitrogens with zero attached hydrogens (tertiary/aromatic N) is 1. The summed E-state index contributed by atoms with van der Waals surface area (Å²) in [6.45, 7) is 5.39. The van der Waals surface area contributed by atoms with Crippen molar-refractivity contribution in [3.63, 3.8) is 0 Å². The van der Waals surface area contributed by atoms with Crippen LogP contribution in [-0.2, 0) is 9.53 Å². The van der Waals surface area contributed by atoms with E-state index in [1.165, 1.54) is 12.8 Å². The molecule has 0 unspecified atom stereocenters. The summed E-state index contributed by atoms with van der Waals surface area (Å²) < 4.78 is 5.24. The Morgan fingerprint density at radius 1 is 1.53 bits per heavy atom. The van der Waals surface area contributed by atoms with E-state index in [1.54, 1.807) is 0 Å². The van der Waals surface area contributed by atoms with Crippen LogP contribution in [0.1, 0.15) is 26.2 Å². The Balaban J connectivity index is 2.12. The summed E-state index contributed by atoms with van der Waals surface area (Å²) in [6.07, 6.45) is 3.46. The first-order valence-electron chi connectivity index (χ1n) is 5.74. The number of rotatable bonds is 9. The second-order valence-corrected chi connectivity index (χ2v) is 4.12. The maximum Gasteiger partial charge on any atom is 0.317 e. The summed E-state index contributed by atoms with van der Waals surface area (Å²) >= 11 is 0. The van der Waals surface area contributed by atoms with Crippen LogP contribution in [0.15, 0.2) is 0 Å². The van der Waals surface area contributed by atoms with Crippen LogP contribution in [0.4, 0.5) is 0 Å². The van der Waals surface area contributed by atoms with E-state index in [1.807, 2.05) is 11.8 Å². The lowest BCUT2D eigenvalue weighted by Gasteiger charge is -2.19. The Labute approximate surface area is 91.2 Å². The van der Waals surface area contributed by atoms with Crippen molar-refractivity contribution >= 4 is 5.97 Å². The van der Waals surface area contributed by atoms with Gasteiger partial charge in [0.05, 0.1) is 6.54 Å². The third-order valence-electron chi connectivity index (χ3n) is 2.54. The number of hydrogen-bond donors (Lipinski definition) is 1. The van der Waals surface area contributed by atoms with Gasteiger partial charge in [0.15, 0.2) is 0 Å². The minimum atomic E-state index is -0.730. The monoisotopic (exact) mass is 215 g/mol. The summed E-state index contributed by atoms with van der Waals surface area (Å²) in [5.41, 5.74) is 0. The fourth-order valence-corrected chi connectivity index (χ4v) is 1.63. The van der Waals surface area contributed by atoms with Crippen molar-refractivity contribution in [3.8, 4) is 0 Å². The smallest absolute Gasteiger partial charge is 0.317 e. The van der Waals surface area contributed by atoms with Crippen molar-refractivity contribution in [2.75, 3.05) is 32.8 Å². The first kappa shape index (κ1) is 12.5. The molecule has 0 aliphatic heterocycles. The van der Waals surface area contributed by atoms with Gasteiger partial charge < -0.3 is 9.84 Å². The Morgan fingerprint density at radius 2 is 2.27 bits per heavy atom. The average Bonchev–Trinajstić information content (AvgIpc) is 2.95. The molecule has 1 N–H and O–H groups in total. The molecule has 15 heavy (non-hydrogen) atoms. The normalized spacial score (nSPS) is 15.9. The quantitative estimate of drug-likeness (QED) is 0.587. The van der Waals surface area contributed by atoms with Crippen LogP contribution >= 0.6 is 0 Å². The SMILES string of the molecule is CCOCCCN(CC(=O)O)CC1CC1. The number of carbonyl (C=O) groups is 1. The summed E-state index contributed by atoms with van der Waals surface area (Å²) in [5.74, 6) is 0.0171. The van der Waals surface area contributed by atoms with Crippen LogP contribution < -0.4 is 0 Å². The van der Waals surface area contributed by atoms with Crippen LogP contribution in [0, 0.1) is 5.92 Å². The summed E-state index contributed by atoms with van der Waals surface area (Å²) in [7, 11) is 0. The number of aliphatic carboxylic acids is 1. The molecule has 0 atom stereocenters. The van der Waals surface area contributed by atoms with Crippen molar-refractivity contribution in [2.45, 2.75) is 26.2 Å². The van der Waals surface area contributed by atoms with Gasteiger partial charge in [-0.25, -0.2) is 0 Å². The number of hydrogen-bond acceptors (Lipinski definition) is 3. The van der Waals surface area contributed by atoms with Gasteiger partial charge in [0.1, 0.15) is 0 Å². The lowest BCUT2D eigenvalue weighted by Crippen LogP contribution is -2.33. The molecule has 4 heteroatoms. The predicted octanol–water partition coefficient (Wildman–Crippen LogP) is 1.21. The topological polar surface area (TPSA) is 49.8 Å². The van der Waals surface area contributed by atoms with Crippen molar-refractivity contribution in [2.24, 2.45) is 5.92 Å². The molecule has 0 amide bonds. The molecule has 1 rings (SSSR count). The third-order valence-corrected chi connectivity index (χ3v) is 2.54. The third kappa shape index (κ3) is 6.47. The zero-order valence-corrected chi connectivity index (χ0v) is 9.45. The molecule has 0 bridgehead atoms. The van der Waals surface area contributed by atoms with Gasteiger partial charge in [-0.1, -0.05) is 0 Å². The highest BCUT2D eigenvalue weighted by Gasteiger charge is 2.24. The molecule has 0 aromatic rings. The van der Waals surface area contributed by atoms with Gasteiger partial charge in [0.2, 0.25) is 0 Å². The van der Waals surface area contributed by atoms with Crippen molar-refractivity contribution in [1.29, 1.82) is 0 Å². The van der Waals surface area contributed by atoms with E-state index in [-0.39, 0.29) is 6.54 Å². The molecule has 0 aromatic heterocycles. The summed E-state index contributed by atoms with van der Waals surface area (Å²) in [5, 5.41) is 8.75. The molecule has 0 radical (unpaired) electrons. The Hall–Kier alpha value is -0.610. The van der Waals surface area contributed by atoms with E-state index in [0.717, 1.165) is 38.6 Å². The zero-order valence-electron chi connectivity index (χ0n) is 9.45.